The second-order valence-corrected chi connectivity index (χ2v) is 8.80. The van der Waals surface area contributed by atoms with Crippen molar-refractivity contribution in [1.82, 2.24) is 4.90 Å². The quantitative estimate of drug-likeness (QED) is 0.329. The lowest BCUT2D eigenvalue weighted by atomic mass is 10.1. The molecule has 3 rings (SSSR count). The summed E-state index contributed by atoms with van der Waals surface area (Å²) < 4.78 is 11.9. The lowest BCUT2D eigenvalue weighted by Crippen LogP contribution is -2.42. The first kappa shape index (κ1) is 21.5. The van der Waals surface area contributed by atoms with Crippen LogP contribution in [0.2, 0.25) is 0 Å². The molecule has 0 radical (unpaired) electrons. The third-order valence-corrected chi connectivity index (χ3v) is 6.07. The zero-order chi connectivity index (χ0) is 21.0. The van der Waals surface area contributed by atoms with Crippen molar-refractivity contribution in [2.45, 2.75) is 19.6 Å². The number of amides is 1. The molecular weight excluding hydrogens is 474 g/mol. The highest BCUT2D eigenvalue weighted by atomic mass is 79.9. The summed E-state index contributed by atoms with van der Waals surface area (Å²) in [5, 5.41) is 0. The van der Waals surface area contributed by atoms with Crippen molar-refractivity contribution in [3.05, 3.63) is 69.0 Å². The zero-order valence-electron chi connectivity index (χ0n) is 15.8. The highest BCUT2D eigenvalue weighted by Crippen LogP contribution is 2.36. The fourth-order valence-electron chi connectivity index (χ4n) is 2.73. The van der Waals surface area contributed by atoms with Gasteiger partial charge < -0.3 is 9.47 Å². The Bertz CT molecular complexity index is 978. The van der Waals surface area contributed by atoms with Gasteiger partial charge in [0, 0.05) is 10.0 Å². The normalized spacial score (nSPS) is 16.2. The minimum atomic E-state index is -0.783. The molecule has 29 heavy (non-hydrogen) atoms. The molecule has 2 aromatic rings. The van der Waals surface area contributed by atoms with Crippen LogP contribution in [0.4, 0.5) is 0 Å². The molecule has 0 saturated carbocycles. The Kier molecular flexibility index (Phi) is 7.10. The van der Waals surface area contributed by atoms with E-state index in [9.17, 15) is 9.59 Å². The highest BCUT2D eigenvalue weighted by molar-refractivity contribution is 9.10. The van der Waals surface area contributed by atoms with Crippen LogP contribution in [-0.2, 0) is 20.9 Å². The number of hydrogen-bond donors (Lipinski definition) is 0. The van der Waals surface area contributed by atoms with Gasteiger partial charge in [0.05, 0.1) is 12.0 Å². The lowest BCUT2D eigenvalue weighted by molar-refractivity contribution is -0.147. The third kappa shape index (κ3) is 5.07. The van der Waals surface area contributed by atoms with Crippen molar-refractivity contribution in [3.63, 3.8) is 0 Å². The summed E-state index contributed by atoms with van der Waals surface area (Å²) in [4.78, 5) is 26.4. The Morgan fingerprint density at radius 1 is 1.28 bits per heavy atom. The van der Waals surface area contributed by atoms with E-state index in [2.05, 4.69) is 15.9 Å². The molecule has 0 aliphatic carbocycles. The van der Waals surface area contributed by atoms with Gasteiger partial charge in [-0.3, -0.25) is 9.69 Å². The van der Waals surface area contributed by atoms with Gasteiger partial charge in [0.25, 0.3) is 5.91 Å². The van der Waals surface area contributed by atoms with Crippen LogP contribution in [0.25, 0.3) is 6.08 Å². The molecule has 2 aromatic carbocycles. The first-order valence-corrected chi connectivity index (χ1v) is 10.7. The van der Waals surface area contributed by atoms with Gasteiger partial charge in [0.15, 0.2) is 0 Å². The predicted octanol–water partition coefficient (Wildman–Crippen LogP) is 4.79. The number of halogens is 1. The van der Waals surface area contributed by atoms with Gasteiger partial charge in [0.1, 0.15) is 22.7 Å². The molecule has 8 heteroatoms. The molecule has 1 amide bonds. The summed E-state index contributed by atoms with van der Waals surface area (Å²) in [6.45, 7) is 2.00. The summed E-state index contributed by atoms with van der Waals surface area (Å²) in [5.41, 5.74) is 1.78. The summed E-state index contributed by atoms with van der Waals surface area (Å²) in [6.07, 6.45) is 1.73. The summed E-state index contributed by atoms with van der Waals surface area (Å²) >= 11 is 9.92. The largest absolute Gasteiger partial charge is 0.488 e. The molecule has 0 spiro atoms. The number of thioether (sulfide) groups is 1. The predicted molar refractivity (Wildman–Crippen MR) is 121 cm³/mol. The molecule has 1 atom stereocenters. The molecule has 1 aliphatic heterocycles. The smallest absolute Gasteiger partial charge is 0.328 e. The maximum Gasteiger partial charge on any atom is 0.328 e. The molecule has 1 saturated heterocycles. The van der Waals surface area contributed by atoms with E-state index in [0.717, 1.165) is 27.4 Å². The van der Waals surface area contributed by atoms with Crippen molar-refractivity contribution in [2.75, 3.05) is 7.11 Å². The second kappa shape index (κ2) is 9.56. The average Bonchev–Trinajstić information content (AvgIpc) is 3.00. The number of methoxy groups -OCH3 is 1. The number of carbonyl (C=O) groups is 2. The van der Waals surface area contributed by atoms with Gasteiger partial charge in [-0.05, 0) is 36.8 Å². The van der Waals surface area contributed by atoms with Gasteiger partial charge >= 0.3 is 5.97 Å². The number of hydrogen-bond acceptors (Lipinski definition) is 6. The van der Waals surface area contributed by atoms with Crippen LogP contribution in [0, 0.1) is 0 Å². The Labute approximate surface area is 187 Å². The number of nitrogens with zero attached hydrogens (tertiary/aromatic N) is 1. The highest BCUT2D eigenvalue weighted by Gasteiger charge is 2.38. The van der Waals surface area contributed by atoms with E-state index in [4.69, 9.17) is 21.7 Å². The number of carbonyl (C=O) groups excluding carboxylic acids is 2. The zero-order valence-corrected chi connectivity index (χ0v) is 19.0. The second-order valence-electron chi connectivity index (χ2n) is 6.21. The lowest BCUT2D eigenvalue weighted by Gasteiger charge is -2.20. The van der Waals surface area contributed by atoms with Crippen LogP contribution in [0.5, 0.6) is 5.75 Å². The SMILES string of the molecule is COC(=O)C(C)N1C(=O)/C(=C/c2cc(Br)ccc2OCc2ccccc2)SC1=S. The molecular formula is C21H18BrNO4S2. The minimum absolute atomic E-state index is 0.320. The van der Waals surface area contributed by atoms with E-state index in [1.807, 2.05) is 48.5 Å². The third-order valence-electron chi connectivity index (χ3n) is 4.25. The number of thiocarbonyl (C=S) groups is 1. The summed E-state index contributed by atoms with van der Waals surface area (Å²) in [6, 6.07) is 14.6. The first-order valence-electron chi connectivity index (χ1n) is 8.72. The summed E-state index contributed by atoms with van der Waals surface area (Å²) in [5.74, 6) is -0.202. The van der Waals surface area contributed by atoms with Crippen LogP contribution in [0.3, 0.4) is 0 Å². The fraction of sp³-hybridized carbons (Fsp3) is 0.190. The Hall–Kier alpha value is -2.16. The van der Waals surface area contributed by atoms with Crippen LogP contribution >= 0.6 is 39.9 Å². The number of benzene rings is 2. The number of esters is 1. The van der Waals surface area contributed by atoms with E-state index in [1.54, 1.807) is 13.0 Å². The van der Waals surface area contributed by atoms with Gasteiger partial charge in [-0.1, -0.05) is 70.2 Å². The maximum absolute atomic E-state index is 12.8. The molecule has 0 bridgehead atoms. The van der Waals surface area contributed by atoms with Gasteiger partial charge in [-0.25, -0.2) is 4.79 Å². The molecule has 0 N–H and O–H groups in total. The van der Waals surface area contributed by atoms with Gasteiger partial charge in [-0.2, -0.15) is 0 Å². The Morgan fingerprint density at radius 2 is 2.00 bits per heavy atom. The molecule has 1 unspecified atom stereocenters. The van der Waals surface area contributed by atoms with E-state index in [1.165, 1.54) is 12.0 Å². The van der Waals surface area contributed by atoms with Crippen molar-refractivity contribution in [2.24, 2.45) is 0 Å². The molecule has 1 fully saturated rings. The topological polar surface area (TPSA) is 55.8 Å². The minimum Gasteiger partial charge on any atom is -0.488 e. The van der Waals surface area contributed by atoms with Crippen LogP contribution in [0.1, 0.15) is 18.1 Å². The van der Waals surface area contributed by atoms with Crippen LogP contribution in [-0.4, -0.2) is 34.2 Å². The molecule has 1 aliphatic rings. The standard InChI is InChI=1S/C21H18BrNO4S2/c1-13(20(25)26-2)23-19(24)18(29-21(23)28)11-15-10-16(22)8-9-17(15)27-12-14-6-4-3-5-7-14/h3-11,13H,12H2,1-2H3/b18-11-. The fourth-order valence-corrected chi connectivity index (χ4v) is 4.52. The first-order chi connectivity index (χ1) is 13.9. The van der Waals surface area contributed by atoms with E-state index >= 15 is 0 Å². The van der Waals surface area contributed by atoms with Crippen molar-refractivity contribution in [1.29, 1.82) is 0 Å². The van der Waals surface area contributed by atoms with Crippen molar-refractivity contribution >= 4 is 62.2 Å². The molecule has 150 valence electrons. The van der Waals surface area contributed by atoms with Crippen molar-refractivity contribution < 1.29 is 19.1 Å². The van der Waals surface area contributed by atoms with E-state index in [0.29, 0.717) is 21.6 Å². The van der Waals surface area contributed by atoms with Gasteiger partial charge in [0.2, 0.25) is 0 Å². The maximum atomic E-state index is 12.8. The van der Waals surface area contributed by atoms with Crippen LogP contribution < -0.4 is 4.74 Å². The van der Waals surface area contributed by atoms with E-state index in [-0.39, 0.29) is 5.91 Å². The Morgan fingerprint density at radius 3 is 2.69 bits per heavy atom. The summed E-state index contributed by atoms with van der Waals surface area (Å²) in [7, 11) is 1.28. The molecule has 1 heterocycles. The molecule has 0 aromatic heterocycles. The number of ether oxygens (including phenoxy) is 2. The number of rotatable bonds is 6. The van der Waals surface area contributed by atoms with Gasteiger partial charge in [-0.15, -0.1) is 0 Å². The van der Waals surface area contributed by atoms with E-state index < -0.39 is 12.0 Å². The monoisotopic (exact) mass is 491 g/mol. The Balaban J connectivity index is 1.86. The average molecular weight is 492 g/mol. The van der Waals surface area contributed by atoms with Crippen molar-refractivity contribution in [3.8, 4) is 5.75 Å². The molecule has 5 nitrogen and oxygen atoms in total. The van der Waals surface area contributed by atoms with Crippen LogP contribution in [0.15, 0.2) is 57.9 Å².